The Morgan fingerprint density at radius 1 is 1.21 bits per heavy atom. The summed E-state index contributed by atoms with van der Waals surface area (Å²) in [7, 11) is 0. The zero-order valence-electron chi connectivity index (χ0n) is 11.3. The fourth-order valence-corrected chi connectivity index (χ4v) is 1.92. The SMILES string of the molecule is CC(C)C(CCC(N)=O)(Oc1ccccc1)C(N)=O. The van der Waals surface area contributed by atoms with Crippen molar-refractivity contribution in [2.45, 2.75) is 32.3 Å². The van der Waals surface area contributed by atoms with Crippen LogP contribution in [0.4, 0.5) is 0 Å². The van der Waals surface area contributed by atoms with Gasteiger partial charge in [-0.05, 0) is 12.1 Å². The van der Waals surface area contributed by atoms with Gasteiger partial charge < -0.3 is 16.2 Å². The summed E-state index contributed by atoms with van der Waals surface area (Å²) in [6.07, 6.45) is 0.220. The number of amides is 2. The van der Waals surface area contributed by atoms with Gasteiger partial charge in [-0.25, -0.2) is 0 Å². The third kappa shape index (κ3) is 3.71. The van der Waals surface area contributed by atoms with Crippen molar-refractivity contribution in [1.29, 1.82) is 0 Å². The first-order valence-corrected chi connectivity index (χ1v) is 6.21. The average molecular weight is 264 g/mol. The van der Waals surface area contributed by atoms with E-state index in [9.17, 15) is 9.59 Å². The van der Waals surface area contributed by atoms with E-state index in [1.165, 1.54) is 0 Å². The second-order valence-corrected chi connectivity index (χ2v) is 4.79. The quantitative estimate of drug-likeness (QED) is 0.774. The molecule has 0 aliphatic rings. The maximum atomic E-state index is 11.8. The van der Waals surface area contributed by atoms with E-state index < -0.39 is 17.4 Å². The molecule has 0 saturated heterocycles. The summed E-state index contributed by atoms with van der Waals surface area (Å²) in [4.78, 5) is 22.8. The first-order valence-electron chi connectivity index (χ1n) is 6.21. The molecule has 1 rings (SSSR count). The molecule has 1 aromatic carbocycles. The van der Waals surface area contributed by atoms with Gasteiger partial charge in [0.15, 0.2) is 5.60 Å². The van der Waals surface area contributed by atoms with E-state index >= 15 is 0 Å². The van der Waals surface area contributed by atoms with Crippen LogP contribution in [0.25, 0.3) is 0 Å². The van der Waals surface area contributed by atoms with Crippen LogP contribution in [0.2, 0.25) is 0 Å². The molecule has 0 aliphatic heterocycles. The van der Waals surface area contributed by atoms with Crippen molar-refractivity contribution >= 4 is 11.8 Å². The molecule has 19 heavy (non-hydrogen) atoms. The number of primary amides is 2. The Morgan fingerprint density at radius 2 is 1.79 bits per heavy atom. The summed E-state index contributed by atoms with van der Waals surface area (Å²) in [5.74, 6) is -0.709. The molecule has 0 heterocycles. The molecule has 5 nitrogen and oxygen atoms in total. The summed E-state index contributed by atoms with van der Waals surface area (Å²) in [5.41, 5.74) is 9.41. The zero-order chi connectivity index (χ0) is 14.5. The fourth-order valence-electron chi connectivity index (χ4n) is 1.92. The standard InChI is InChI=1S/C14H20N2O3/c1-10(2)14(13(16)18,9-8-12(15)17)19-11-6-4-3-5-7-11/h3-7,10H,8-9H2,1-2H3,(H2,15,17)(H2,16,18). The van der Waals surface area contributed by atoms with Crippen molar-refractivity contribution in [3.63, 3.8) is 0 Å². The lowest BCUT2D eigenvalue weighted by molar-refractivity contribution is -0.139. The Labute approximate surface area is 112 Å². The lowest BCUT2D eigenvalue weighted by Gasteiger charge is -2.34. The van der Waals surface area contributed by atoms with E-state index in [1.54, 1.807) is 24.3 Å². The number of para-hydroxylation sites is 1. The minimum absolute atomic E-state index is 0.0496. The lowest BCUT2D eigenvalue weighted by atomic mass is 9.84. The molecular formula is C14H20N2O3. The summed E-state index contributed by atoms with van der Waals surface area (Å²) in [5, 5.41) is 0. The van der Waals surface area contributed by atoms with Crippen LogP contribution in [0.5, 0.6) is 5.75 Å². The number of benzene rings is 1. The monoisotopic (exact) mass is 264 g/mol. The average Bonchev–Trinajstić information content (AvgIpc) is 2.34. The Kier molecular flexibility index (Phi) is 4.92. The minimum atomic E-state index is -1.23. The van der Waals surface area contributed by atoms with Crippen molar-refractivity contribution in [2.75, 3.05) is 0 Å². The summed E-state index contributed by atoms with van der Waals surface area (Å²) < 4.78 is 5.79. The van der Waals surface area contributed by atoms with Crippen LogP contribution < -0.4 is 16.2 Å². The first kappa shape index (κ1) is 15.0. The molecule has 104 valence electrons. The van der Waals surface area contributed by atoms with E-state index in [0.29, 0.717) is 5.75 Å². The topological polar surface area (TPSA) is 95.4 Å². The van der Waals surface area contributed by atoms with Crippen LogP contribution >= 0.6 is 0 Å². The predicted molar refractivity (Wildman–Crippen MR) is 72.3 cm³/mol. The predicted octanol–water partition coefficient (Wildman–Crippen LogP) is 1.21. The van der Waals surface area contributed by atoms with Gasteiger partial charge in [0.25, 0.3) is 5.91 Å². The second kappa shape index (κ2) is 6.22. The molecule has 0 fully saturated rings. The smallest absolute Gasteiger partial charge is 0.261 e. The Morgan fingerprint density at radius 3 is 2.21 bits per heavy atom. The maximum absolute atomic E-state index is 11.8. The van der Waals surface area contributed by atoms with E-state index in [-0.39, 0.29) is 18.8 Å². The Hall–Kier alpha value is -2.04. The molecule has 1 unspecified atom stereocenters. The number of nitrogens with two attached hydrogens (primary N) is 2. The van der Waals surface area contributed by atoms with Gasteiger partial charge in [-0.1, -0.05) is 32.0 Å². The van der Waals surface area contributed by atoms with Gasteiger partial charge >= 0.3 is 0 Å². The normalized spacial score (nSPS) is 13.8. The number of carbonyl (C=O) groups is 2. The van der Waals surface area contributed by atoms with Gasteiger partial charge in [-0.3, -0.25) is 9.59 Å². The van der Waals surface area contributed by atoms with Crippen molar-refractivity contribution in [3.05, 3.63) is 30.3 Å². The molecule has 0 aliphatic carbocycles. The summed E-state index contributed by atoms with van der Waals surface area (Å²) in [6.45, 7) is 3.66. The number of rotatable bonds is 7. The zero-order valence-corrected chi connectivity index (χ0v) is 11.3. The third-order valence-corrected chi connectivity index (χ3v) is 3.14. The highest BCUT2D eigenvalue weighted by Gasteiger charge is 2.42. The molecular weight excluding hydrogens is 244 g/mol. The van der Waals surface area contributed by atoms with E-state index in [1.807, 2.05) is 19.9 Å². The van der Waals surface area contributed by atoms with E-state index in [4.69, 9.17) is 16.2 Å². The number of ether oxygens (including phenoxy) is 1. The van der Waals surface area contributed by atoms with Crippen LogP contribution in [0.15, 0.2) is 30.3 Å². The molecule has 0 spiro atoms. The van der Waals surface area contributed by atoms with Crippen LogP contribution in [0.3, 0.4) is 0 Å². The Bertz CT molecular complexity index is 445. The molecule has 1 aromatic rings. The largest absolute Gasteiger partial charge is 0.477 e. The van der Waals surface area contributed by atoms with Gasteiger partial charge in [0.1, 0.15) is 5.75 Å². The van der Waals surface area contributed by atoms with Gasteiger partial charge in [-0.2, -0.15) is 0 Å². The summed E-state index contributed by atoms with van der Waals surface area (Å²) >= 11 is 0. The first-order chi connectivity index (χ1) is 8.88. The third-order valence-electron chi connectivity index (χ3n) is 3.14. The molecule has 2 amide bonds. The van der Waals surface area contributed by atoms with Gasteiger partial charge in [0.2, 0.25) is 5.91 Å². The van der Waals surface area contributed by atoms with Gasteiger partial charge in [0, 0.05) is 18.8 Å². The van der Waals surface area contributed by atoms with Crippen molar-refractivity contribution in [1.82, 2.24) is 0 Å². The maximum Gasteiger partial charge on any atom is 0.261 e. The highest BCUT2D eigenvalue weighted by Crippen LogP contribution is 2.29. The summed E-state index contributed by atoms with van der Waals surface area (Å²) in [6, 6.07) is 8.93. The number of hydrogen-bond donors (Lipinski definition) is 2. The molecule has 5 heteroatoms. The molecule has 0 bridgehead atoms. The fraction of sp³-hybridized carbons (Fsp3) is 0.429. The minimum Gasteiger partial charge on any atom is -0.477 e. The van der Waals surface area contributed by atoms with Crippen molar-refractivity contribution < 1.29 is 14.3 Å². The van der Waals surface area contributed by atoms with E-state index in [2.05, 4.69) is 0 Å². The highest BCUT2D eigenvalue weighted by atomic mass is 16.5. The number of hydrogen-bond acceptors (Lipinski definition) is 3. The molecule has 0 saturated carbocycles. The van der Waals surface area contributed by atoms with Gasteiger partial charge in [0.05, 0.1) is 0 Å². The van der Waals surface area contributed by atoms with Crippen LogP contribution in [0, 0.1) is 5.92 Å². The number of carbonyl (C=O) groups excluding carboxylic acids is 2. The van der Waals surface area contributed by atoms with Crippen LogP contribution in [-0.2, 0) is 9.59 Å². The van der Waals surface area contributed by atoms with E-state index in [0.717, 1.165) is 0 Å². The molecule has 0 aromatic heterocycles. The molecule has 0 radical (unpaired) electrons. The lowest BCUT2D eigenvalue weighted by Crippen LogP contribution is -2.53. The molecule has 4 N–H and O–H groups in total. The van der Waals surface area contributed by atoms with Crippen molar-refractivity contribution in [3.8, 4) is 5.75 Å². The highest BCUT2D eigenvalue weighted by molar-refractivity contribution is 5.85. The van der Waals surface area contributed by atoms with Crippen molar-refractivity contribution in [2.24, 2.45) is 17.4 Å². The van der Waals surface area contributed by atoms with Crippen LogP contribution in [-0.4, -0.2) is 17.4 Å². The van der Waals surface area contributed by atoms with Crippen LogP contribution in [0.1, 0.15) is 26.7 Å². The Balaban J connectivity index is 3.02. The van der Waals surface area contributed by atoms with Gasteiger partial charge in [-0.15, -0.1) is 0 Å². The molecule has 1 atom stereocenters. The second-order valence-electron chi connectivity index (χ2n) is 4.79.